The van der Waals surface area contributed by atoms with E-state index in [2.05, 4.69) is 38.1 Å². The Morgan fingerprint density at radius 1 is 1.28 bits per heavy atom. The summed E-state index contributed by atoms with van der Waals surface area (Å²) in [5, 5.41) is 0. The first-order valence-electron chi connectivity index (χ1n) is 7.07. The van der Waals surface area contributed by atoms with Gasteiger partial charge in [-0.3, -0.25) is 0 Å². The Labute approximate surface area is 108 Å². The van der Waals surface area contributed by atoms with E-state index < -0.39 is 0 Å². The molecule has 0 amide bonds. The fourth-order valence-corrected chi connectivity index (χ4v) is 4.27. The van der Waals surface area contributed by atoms with Crippen LogP contribution in [0.4, 0.5) is 0 Å². The molecule has 5 atom stereocenters. The van der Waals surface area contributed by atoms with Crippen LogP contribution < -0.4 is 4.74 Å². The first kappa shape index (κ1) is 10.9. The Bertz CT molecular complexity index is 484. The molecule has 0 aromatic heterocycles. The van der Waals surface area contributed by atoms with E-state index in [9.17, 15) is 0 Å². The van der Waals surface area contributed by atoms with E-state index in [4.69, 9.17) is 9.47 Å². The van der Waals surface area contributed by atoms with Crippen LogP contribution in [0.15, 0.2) is 24.3 Å². The molecule has 18 heavy (non-hydrogen) atoms. The van der Waals surface area contributed by atoms with Gasteiger partial charge in [-0.15, -0.1) is 0 Å². The lowest BCUT2D eigenvalue weighted by molar-refractivity contribution is -0.184. The summed E-state index contributed by atoms with van der Waals surface area (Å²) in [5.41, 5.74) is 1.23. The second-order valence-corrected chi connectivity index (χ2v) is 6.49. The van der Waals surface area contributed by atoms with Gasteiger partial charge in [0.05, 0.1) is 12.7 Å². The van der Waals surface area contributed by atoms with Crippen LogP contribution in [-0.2, 0) is 4.74 Å². The third-order valence-electron chi connectivity index (χ3n) is 5.30. The zero-order chi connectivity index (χ0) is 12.3. The van der Waals surface area contributed by atoms with E-state index in [1.54, 1.807) is 0 Å². The minimum Gasteiger partial charge on any atom is -0.487 e. The molecular weight excluding hydrogens is 224 g/mol. The fourth-order valence-electron chi connectivity index (χ4n) is 4.27. The Morgan fingerprint density at radius 3 is 3.00 bits per heavy atom. The Morgan fingerprint density at radius 2 is 2.11 bits per heavy atom. The largest absolute Gasteiger partial charge is 0.487 e. The molecule has 1 saturated carbocycles. The molecule has 1 saturated heterocycles. The normalized spacial score (nSPS) is 45.0. The van der Waals surface area contributed by atoms with Crippen LogP contribution in [0.25, 0.3) is 0 Å². The Kier molecular flexibility index (Phi) is 2.12. The van der Waals surface area contributed by atoms with Crippen molar-refractivity contribution in [3.8, 4) is 5.75 Å². The highest BCUT2D eigenvalue weighted by molar-refractivity contribution is 5.39. The summed E-state index contributed by atoms with van der Waals surface area (Å²) in [4.78, 5) is 0. The summed E-state index contributed by atoms with van der Waals surface area (Å²) in [6, 6.07) is 8.40. The maximum absolute atomic E-state index is 6.37. The summed E-state index contributed by atoms with van der Waals surface area (Å²) in [6.45, 7) is 5.55. The van der Waals surface area contributed by atoms with Gasteiger partial charge >= 0.3 is 0 Å². The maximum Gasteiger partial charge on any atom is 0.125 e. The lowest BCUT2D eigenvalue weighted by atomic mass is 9.62. The molecule has 2 nitrogen and oxygen atoms in total. The van der Waals surface area contributed by atoms with E-state index >= 15 is 0 Å². The second-order valence-electron chi connectivity index (χ2n) is 6.49. The van der Waals surface area contributed by atoms with Crippen molar-refractivity contribution in [3.63, 3.8) is 0 Å². The minimum absolute atomic E-state index is 0.0324. The predicted octanol–water partition coefficient (Wildman–Crippen LogP) is 3.57. The zero-order valence-electron chi connectivity index (χ0n) is 11.1. The van der Waals surface area contributed by atoms with Gasteiger partial charge in [0.2, 0.25) is 0 Å². The predicted molar refractivity (Wildman–Crippen MR) is 69.5 cm³/mol. The topological polar surface area (TPSA) is 18.5 Å². The van der Waals surface area contributed by atoms with Crippen molar-refractivity contribution in [1.29, 1.82) is 0 Å². The van der Waals surface area contributed by atoms with Gasteiger partial charge in [-0.2, -0.15) is 0 Å². The van der Waals surface area contributed by atoms with Crippen LogP contribution in [0.3, 0.4) is 0 Å². The molecule has 2 heteroatoms. The van der Waals surface area contributed by atoms with Crippen LogP contribution in [0.1, 0.15) is 38.4 Å². The second kappa shape index (κ2) is 3.51. The van der Waals surface area contributed by atoms with Crippen molar-refractivity contribution in [2.24, 2.45) is 17.8 Å². The Hall–Kier alpha value is -1.02. The molecular formula is C16H20O2. The average Bonchev–Trinajstić information content (AvgIpc) is 2.37. The molecule has 2 unspecified atom stereocenters. The van der Waals surface area contributed by atoms with Crippen molar-refractivity contribution in [2.45, 2.75) is 38.4 Å². The molecule has 3 aliphatic rings. The monoisotopic (exact) mass is 244 g/mol. The standard InChI is InChI=1S/C16H20O2/c1-10-8-16(2)13-7-11(10)9-17-15(13)12-5-3-4-6-14(12)18-16/h3-6,10-11,13,15H,7-9H2,1-2H3/t10?,11-,13?,15-,16+/m1/s1. The molecule has 1 aromatic carbocycles. The summed E-state index contributed by atoms with van der Waals surface area (Å²) in [6.07, 6.45) is 2.68. The number of para-hydroxylation sites is 1. The summed E-state index contributed by atoms with van der Waals surface area (Å²) in [7, 11) is 0. The van der Waals surface area contributed by atoms with Gasteiger partial charge in [0.1, 0.15) is 11.4 Å². The molecule has 2 bridgehead atoms. The molecule has 1 aliphatic carbocycles. The van der Waals surface area contributed by atoms with Crippen LogP contribution in [0, 0.1) is 17.8 Å². The molecule has 0 N–H and O–H groups in total. The van der Waals surface area contributed by atoms with Gasteiger partial charge in [-0.05, 0) is 37.7 Å². The molecule has 0 radical (unpaired) electrons. The van der Waals surface area contributed by atoms with Crippen molar-refractivity contribution in [3.05, 3.63) is 29.8 Å². The Balaban J connectivity index is 1.83. The molecule has 2 heterocycles. The summed E-state index contributed by atoms with van der Waals surface area (Å²) in [5.74, 6) is 3.00. The van der Waals surface area contributed by atoms with E-state index in [0.717, 1.165) is 24.7 Å². The molecule has 1 aromatic rings. The van der Waals surface area contributed by atoms with Crippen molar-refractivity contribution < 1.29 is 9.47 Å². The quantitative estimate of drug-likeness (QED) is 0.694. The van der Waals surface area contributed by atoms with Crippen LogP contribution >= 0.6 is 0 Å². The van der Waals surface area contributed by atoms with Crippen molar-refractivity contribution in [1.82, 2.24) is 0 Å². The van der Waals surface area contributed by atoms with Crippen LogP contribution in [-0.4, -0.2) is 12.2 Å². The third-order valence-corrected chi connectivity index (χ3v) is 5.30. The minimum atomic E-state index is -0.0324. The lowest BCUT2D eigenvalue weighted by Gasteiger charge is -2.55. The van der Waals surface area contributed by atoms with Gasteiger partial charge in [-0.1, -0.05) is 25.1 Å². The molecule has 96 valence electrons. The molecule has 0 spiro atoms. The molecule has 2 fully saturated rings. The SMILES string of the molecule is CC1C[C@]2(C)Oc3ccccc3[C@H]3OC[C@H]1CC32. The van der Waals surface area contributed by atoms with Gasteiger partial charge in [0, 0.05) is 11.5 Å². The number of fused-ring (bicyclic) bond motifs is 3. The number of hydrogen-bond donors (Lipinski definition) is 0. The zero-order valence-corrected chi connectivity index (χ0v) is 11.1. The van der Waals surface area contributed by atoms with E-state index in [1.807, 2.05) is 0 Å². The van der Waals surface area contributed by atoms with E-state index in [-0.39, 0.29) is 11.7 Å². The van der Waals surface area contributed by atoms with Crippen molar-refractivity contribution >= 4 is 0 Å². The smallest absolute Gasteiger partial charge is 0.125 e. The number of rotatable bonds is 0. The first-order chi connectivity index (χ1) is 8.67. The first-order valence-corrected chi connectivity index (χ1v) is 7.07. The van der Waals surface area contributed by atoms with Gasteiger partial charge in [-0.25, -0.2) is 0 Å². The van der Waals surface area contributed by atoms with Crippen LogP contribution in [0.2, 0.25) is 0 Å². The maximum atomic E-state index is 6.37. The molecule has 2 aliphatic heterocycles. The van der Waals surface area contributed by atoms with Gasteiger partial charge < -0.3 is 9.47 Å². The highest BCUT2D eigenvalue weighted by atomic mass is 16.5. The number of ether oxygens (including phenoxy) is 2. The highest BCUT2D eigenvalue weighted by Crippen LogP contribution is 2.56. The summed E-state index contributed by atoms with van der Waals surface area (Å²) < 4.78 is 12.6. The highest BCUT2D eigenvalue weighted by Gasteiger charge is 2.54. The number of benzene rings is 1. The molecule has 4 rings (SSSR count). The van der Waals surface area contributed by atoms with Gasteiger partial charge in [0.25, 0.3) is 0 Å². The summed E-state index contributed by atoms with van der Waals surface area (Å²) >= 11 is 0. The van der Waals surface area contributed by atoms with Crippen molar-refractivity contribution in [2.75, 3.05) is 6.61 Å². The third kappa shape index (κ3) is 1.33. The van der Waals surface area contributed by atoms with Gasteiger partial charge in [0.15, 0.2) is 0 Å². The van der Waals surface area contributed by atoms with E-state index in [1.165, 1.54) is 12.0 Å². The average molecular weight is 244 g/mol. The lowest BCUT2D eigenvalue weighted by Crippen LogP contribution is -2.56. The fraction of sp³-hybridized carbons (Fsp3) is 0.625. The van der Waals surface area contributed by atoms with Crippen LogP contribution in [0.5, 0.6) is 5.75 Å². The number of hydrogen-bond acceptors (Lipinski definition) is 2. The van der Waals surface area contributed by atoms with E-state index in [0.29, 0.717) is 11.8 Å².